The van der Waals surface area contributed by atoms with Gasteiger partial charge >= 0.3 is 0 Å². The zero-order valence-corrected chi connectivity index (χ0v) is 21.2. The van der Waals surface area contributed by atoms with E-state index >= 15 is 0 Å². The highest BCUT2D eigenvalue weighted by atomic mass is 35.5. The average molecular weight is 529 g/mol. The van der Waals surface area contributed by atoms with E-state index in [1.807, 2.05) is 13.0 Å². The minimum atomic E-state index is -1.02. The Kier molecular flexibility index (Phi) is 6.53. The van der Waals surface area contributed by atoms with Gasteiger partial charge in [0.1, 0.15) is 5.58 Å². The topological polar surface area (TPSA) is 113 Å². The van der Waals surface area contributed by atoms with Gasteiger partial charge in [0.05, 0.1) is 37.0 Å². The van der Waals surface area contributed by atoms with E-state index in [-0.39, 0.29) is 11.3 Å². The lowest BCUT2D eigenvalue weighted by Gasteiger charge is -2.27. The molecule has 2 heterocycles. The van der Waals surface area contributed by atoms with Gasteiger partial charge in [0.25, 0.3) is 5.91 Å². The average Bonchev–Trinajstić information content (AvgIpc) is 3.46. The Morgan fingerprint density at radius 3 is 2.55 bits per heavy atom. The molecular formula is C29H21ClN2O6. The summed E-state index contributed by atoms with van der Waals surface area (Å²) < 4.78 is 16.9. The van der Waals surface area contributed by atoms with Crippen molar-refractivity contribution in [3.05, 3.63) is 100.0 Å². The standard InChI is InChI=1S/C29H21ClN2O6/c1-3-37-23-13-17(6-10-22(23)36-2)26-25(27(33)24-14-18-12-19(30)7-11-21(18)38-24)28(34)29(35)32(26)20-8-4-16(15-31)5-9-20/h4-14,26,34H,3H2,1-2H3. The number of methoxy groups -OCH3 is 1. The molecule has 0 saturated carbocycles. The van der Waals surface area contributed by atoms with E-state index in [0.717, 1.165) is 0 Å². The quantitative estimate of drug-likeness (QED) is 0.286. The van der Waals surface area contributed by atoms with Crippen LogP contribution < -0.4 is 14.4 Å². The number of furan rings is 1. The van der Waals surface area contributed by atoms with Crippen molar-refractivity contribution in [2.45, 2.75) is 13.0 Å². The number of amides is 1. The van der Waals surface area contributed by atoms with Crippen LogP contribution in [0.5, 0.6) is 11.5 Å². The number of ether oxygens (including phenoxy) is 2. The van der Waals surface area contributed by atoms with Crippen molar-refractivity contribution in [1.82, 2.24) is 0 Å². The molecule has 1 amide bonds. The summed E-state index contributed by atoms with van der Waals surface area (Å²) in [4.78, 5) is 28.6. The molecule has 0 saturated heterocycles. The fourth-order valence-electron chi connectivity index (χ4n) is 4.51. The molecule has 1 N–H and O–H groups in total. The van der Waals surface area contributed by atoms with E-state index in [1.165, 1.54) is 18.1 Å². The Morgan fingerprint density at radius 2 is 1.87 bits per heavy atom. The number of aliphatic hydroxyl groups is 1. The van der Waals surface area contributed by atoms with Crippen molar-refractivity contribution in [3.63, 3.8) is 0 Å². The summed E-state index contributed by atoms with van der Waals surface area (Å²) in [5.74, 6) is -1.29. The number of hydrogen-bond acceptors (Lipinski definition) is 7. The van der Waals surface area contributed by atoms with Gasteiger partial charge in [0.2, 0.25) is 5.78 Å². The predicted molar refractivity (Wildman–Crippen MR) is 141 cm³/mol. The van der Waals surface area contributed by atoms with E-state index in [0.29, 0.717) is 50.9 Å². The number of aliphatic hydroxyl groups excluding tert-OH is 1. The Balaban J connectivity index is 1.67. The summed E-state index contributed by atoms with van der Waals surface area (Å²) in [7, 11) is 1.51. The molecule has 1 aliphatic rings. The molecule has 0 fully saturated rings. The summed E-state index contributed by atoms with van der Waals surface area (Å²) in [5.41, 5.74) is 1.56. The lowest BCUT2D eigenvalue weighted by molar-refractivity contribution is -0.117. The normalized spacial score (nSPS) is 15.2. The highest BCUT2D eigenvalue weighted by Gasteiger charge is 2.45. The van der Waals surface area contributed by atoms with Crippen molar-refractivity contribution in [2.24, 2.45) is 0 Å². The molecule has 4 aromatic rings. The molecule has 38 heavy (non-hydrogen) atoms. The fraction of sp³-hybridized carbons (Fsp3) is 0.138. The number of anilines is 1. The number of carbonyl (C=O) groups is 2. The molecule has 0 bridgehead atoms. The maximum atomic E-state index is 13.8. The van der Waals surface area contributed by atoms with Gasteiger partial charge in [0.15, 0.2) is 23.0 Å². The smallest absolute Gasteiger partial charge is 0.294 e. The second kappa shape index (κ2) is 9.96. The van der Waals surface area contributed by atoms with Gasteiger partial charge in [-0.05, 0) is 73.2 Å². The molecule has 0 aliphatic carbocycles. The van der Waals surface area contributed by atoms with E-state index in [4.69, 9.17) is 25.5 Å². The number of rotatable bonds is 7. The molecule has 190 valence electrons. The SMILES string of the molecule is CCOc1cc(C2C(C(=O)c3cc4cc(Cl)ccc4o3)=C(O)C(=O)N2c2ccc(C#N)cc2)ccc1OC. The van der Waals surface area contributed by atoms with Crippen LogP contribution in [0.4, 0.5) is 5.69 Å². The minimum absolute atomic E-state index is 0.0539. The van der Waals surface area contributed by atoms with Gasteiger partial charge in [-0.3, -0.25) is 14.5 Å². The number of halogens is 1. The largest absolute Gasteiger partial charge is 0.503 e. The summed E-state index contributed by atoms with van der Waals surface area (Å²) in [6.45, 7) is 2.18. The zero-order valence-electron chi connectivity index (χ0n) is 20.4. The first-order valence-electron chi connectivity index (χ1n) is 11.7. The monoisotopic (exact) mass is 528 g/mol. The highest BCUT2D eigenvalue weighted by Crippen LogP contribution is 2.44. The Hall–Kier alpha value is -4.74. The minimum Gasteiger partial charge on any atom is -0.503 e. The van der Waals surface area contributed by atoms with Crippen LogP contribution in [0.2, 0.25) is 5.02 Å². The first-order valence-corrected chi connectivity index (χ1v) is 12.1. The van der Waals surface area contributed by atoms with E-state index in [1.54, 1.807) is 60.7 Å². The number of carbonyl (C=O) groups excluding carboxylic acids is 2. The molecule has 1 unspecified atom stereocenters. The van der Waals surface area contributed by atoms with Crippen molar-refractivity contribution in [3.8, 4) is 17.6 Å². The molecular weight excluding hydrogens is 508 g/mol. The number of Topliss-reactive ketones (excluding diaryl/α,β-unsaturated/α-hetero) is 1. The molecule has 3 aromatic carbocycles. The summed E-state index contributed by atoms with van der Waals surface area (Å²) in [6, 6.07) is 18.8. The molecule has 0 radical (unpaired) electrons. The fourth-order valence-corrected chi connectivity index (χ4v) is 4.69. The van der Waals surface area contributed by atoms with E-state index < -0.39 is 23.5 Å². The van der Waals surface area contributed by atoms with Crippen LogP contribution in [0.15, 0.2) is 82.5 Å². The van der Waals surface area contributed by atoms with Gasteiger partial charge in [-0.25, -0.2) is 0 Å². The molecule has 9 heteroatoms. The van der Waals surface area contributed by atoms with Crippen LogP contribution in [0.3, 0.4) is 0 Å². The molecule has 8 nitrogen and oxygen atoms in total. The molecule has 1 aromatic heterocycles. The summed E-state index contributed by atoms with van der Waals surface area (Å²) >= 11 is 6.08. The maximum absolute atomic E-state index is 13.8. The second-order valence-electron chi connectivity index (χ2n) is 8.46. The molecule has 0 spiro atoms. The maximum Gasteiger partial charge on any atom is 0.294 e. The lowest BCUT2D eigenvalue weighted by atomic mass is 9.94. The predicted octanol–water partition coefficient (Wildman–Crippen LogP) is 6.15. The number of ketones is 1. The third-order valence-corrected chi connectivity index (χ3v) is 6.47. The van der Waals surface area contributed by atoms with Crippen LogP contribution >= 0.6 is 11.6 Å². The van der Waals surface area contributed by atoms with E-state index in [2.05, 4.69) is 0 Å². The number of hydrogen-bond donors (Lipinski definition) is 1. The van der Waals surface area contributed by atoms with Crippen molar-refractivity contribution in [1.29, 1.82) is 5.26 Å². The van der Waals surface area contributed by atoms with Crippen molar-refractivity contribution in [2.75, 3.05) is 18.6 Å². The molecule has 5 rings (SSSR count). The van der Waals surface area contributed by atoms with Gasteiger partial charge < -0.3 is 19.0 Å². The lowest BCUT2D eigenvalue weighted by Crippen LogP contribution is -2.31. The van der Waals surface area contributed by atoms with Gasteiger partial charge in [-0.15, -0.1) is 0 Å². The van der Waals surface area contributed by atoms with Gasteiger partial charge in [-0.2, -0.15) is 5.26 Å². The number of fused-ring (bicyclic) bond motifs is 1. The first-order chi connectivity index (χ1) is 18.4. The Bertz CT molecular complexity index is 1650. The van der Waals surface area contributed by atoms with Crippen LogP contribution in [-0.2, 0) is 4.79 Å². The zero-order chi connectivity index (χ0) is 27.0. The third-order valence-electron chi connectivity index (χ3n) is 6.23. The van der Waals surface area contributed by atoms with Crippen LogP contribution in [0.1, 0.15) is 34.6 Å². The number of benzene rings is 3. The molecule has 1 atom stereocenters. The first kappa shape index (κ1) is 24.9. The van der Waals surface area contributed by atoms with Crippen LogP contribution in [-0.4, -0.2) is 30.5 Å². The van der Waals surface area contributed by atoms with E-state index in [9.17, 15) is 20.0 Å². The Labute approximate surface area is 222 Å². The van der Waals surface area contributed by atoms with Crippen LogP contribution in [0, 0.1) is 11.3 Å². The molecule has 1 aliphatic heterocycles. The highest BCUT2D eigenvalue weighted by molar-refractivity contribution is 6.31. The Morgan fingerprint density at radius 1 is 1.11 bits per heavy atom. The van der Waals surface area contributed by atoms with Crippen LogP contribution in [0.25, 0.3) is 11.0 Å². The second-order valence-corrected chi connectivity index (χ2v) is 8.90. The third kappa shape index (κ3) is 4.23. The van der Waals surface area contributed by atoms with Gasteiger partial charge in [-0.1, -0.05) is 17.7 Å². The van der Waals surface area contributed by atoms with Gasteiger partial charge in [0, 0.05) is 16.1 Å². The number of nitriles is 1. The number of nitrogens with zero attached hydrogens (tertiary/aromatic N) is 2. The van der Waals surface area contributed by atoms with Crippen molar-refractivity contribution >= 4 is 39.9 Å². The summed E-state index contributed by atoms with van der Waals surface area (Å²) in [5, 5.41) is 21.3. The van der Waals surface area contributed by atoms with Crippen molar-refractivity contribution < 1.29 is 28.6 Å². The summed E-state index contributed by atoms with van der Waals surface area (Å²) in [6.07, 6.45) is 0.